The average Bonchev–Trinajstić information content (AvgIpc) is 2.35. The predicted molar refractivity (Wildman–Crippen MR) is 82.5 cm³/mol. The van der Waals surface area contributed by atoms with Gasteiger partial charge in [0.25, 0.3) is 0 Å². The summed E-state index contributed by atoms with van der Waals surface area (Å²) in [5, 5.41) is 11.3. The van der Waals surface area contributed by atoms with E-state index in [1.165, 1.54) is 0 Å². The fourth-order valence-corrected chi connectivity index (χ4v) is 3.18. The Morgan fingerprint density at radius 2 is 1.90 bits per heavy atom. The van der Waals surface area contributed by atoms with Crippen LogP contribution in [-0.4, -0.2) is 32.3 Å². The number of carbonyl (C=O) groups is 1. The minimum atomic E-state index is -1.21. The summed E-state index contributed by atoms with van der Waals surface area (Å²) in [7, 11) is 0. The van der Waals surface area contributed by atoms with Crippen LogP contribution in [0.25, 0.3) is 0 Å². The summed E-state index contributed by atoms with van der Waals surface area (Å²) in [6.45, 7) is 7.81. The van der Waals surface area contributed by atoms with E-state index in [1.54, 1.807) is 0 Å². The first-order valence-corrected chi connectivity index (χ1v) is 8.33. The Balaban J connectivity index is 2.61. The van der Waals surface area contributed by atoms with E-state index in [0.29, 0.717) is 5.92 Å². The highest BCUT2D eigenvalue weighted by Crippen LogP contribution is 2.28. The van der Waals surface area contributed by atoms with E-state index in [9.17, 15) is 9.35 Å². The Bertz CT molecular complexity index is 358. The molecule has 116 valence electrons. The number of rotatable bonds is 4. The molecule has 0 radical (unpaired) electrons. The second-order valence-electron chi connectivity index (χ2n) is 6.30. The molecule has 1 atom stereocenters. The van der Waals surface area contributed by atoms with E-state index >= 15 is 0 Å². The molecule has 0 aromatic carbocycles. The largest absolute Gasteiger partial charge is 0.591 e. The van der Waals surface area contributed by atoms with Crippen molar-refractivity contribution in [1.29, 1.82) is 0 Å². The van der Waals surface area contributed by atoms with Crippen molar-refractivity contribution in [3.63, 3.8) is 0 Å². The third kappa shape index (κ3) is 5.32. The molecule has 0 unspecified atom stereocenters. The van der Waals surface area contributed by atoms with Crippen LogP contribution in [0.3, 0.4) is 0 Å². The van der Waals surface area contributed by atoms with Crippen LogP contribution in [0.15, 0.2) is 4.40 Å². The first-order chi connectivity index (χ1) is 9.24. The molecule has 0 aliphatic heterocycles. The summed E-state index contributed by atoms with van der Waals surface area (Å²) in [4.78, 5) is 10.6. The molecule has 2 N–H and O–H groups in total. The first-order valence-electron chi connectivity index (χ1n) is 7.23. The zero-order valence-corrected chi connectivity index (χ0v) is 13.6. The molecule has 0 saturated heterocycles. The average molecular weight is 302 g/mol. The van der Waals surface area contributed by atoms with Crippen LogP contribution >= 0.6 is 0 Å². The topological polar surface area (TPSA) is 84.8 Å². The number of hydrogen-bond acceptors (Lipinski definition) is 3. The highest BCUT2D eigenvalue weighted by atomic mass is 32.2. The number of nitrogens with zero attached hydrogens (tertiary/aromatic N) is 1. The van der Waals surface area contributed by atoms with Crippen LogP contribution in [0.2, 0.25) is 0 Å². The second-order valence-corrected chi connectivity index (χ2v) is 8.20. The monoisotopic (exact) mass is 302 g/mol. The SMILES string of the molecule is CC/C(=N\[S@@+]([O-])C(C)(C)C)[C@H]1CC[C@H](NC(=O)O)CC1. The summed E-state index contributed by atoms with van der Waals surface area (Å²) in [6, 6.07) is 0.0509. The van der Waals surface area contributed by atoms with Gasteiger partial charge in [-0.2, -0.15) is 0 Å². The van der Waals surface area contributed by atoms with Crippen molar-refractivity contribution in [2.24, 2.45) is 10.3 Å². The van der Waals surface area contributed by atoms with E-state index in [0.717, 1.165) is 37.8 Å². The van der Waals surface area contributed by atoms with Crippen molar-refractivity contribution in [2.75, 3.05) is 0 Å². The predicted octanol–water partition coefficient (Wildman–Crippen LogP) is 3.13. The standard InChI is InChI=1S/C14H26N2O3S/c1-5-12(16-20(19)14(2,3)4)10-6-8-11(9-7-10)15-13(17)18/h10-11,15H,5-9H2,1-4H3,(H,17,18)/b16-12+/t10-,11-,20-/m0/s1. The maximum atomic E-state index is 12.1. The maximum Gasteiger partial charge on any atom is 0.404 e. The summed E-state index contributed by atoms with van der Waals surface area (Å²) < 4.78 is 16.2. The lowest BCUT2D eigenvalue weighted by atomic mass is 9.82. The molecule has 0 spiro atoms. The normalized spacial score (nSPS) is 26.1. The van der Waals surface area contributed by atoms with Gasteiger partial charge < -0.3 is 15.0 Å². The van der Waals surface area contributed by atoms with Crippen molar-refractivity contribution >= 4 is 23.2 Å². The fraction of sp³-hybridized carbons (Fsp3) is 0.857. The van der Waals surface area contributed by atoms with Gasteiger partial charge >= 0.3 is 6.09 Å². The minimum Gasteiger partial charge on any atom is -0.591 e. The summed E-state index contributed by atoms with van der Waals surface area (Å²) in [6.07, 6.45) is 3.35. The molecular weight excluding hydrogens is 276 g/mol. The zero-order valence-electron chi connectivity index (χ0n) is 12.8. The summed E-state index contributed by atoms with van der Waals surface area (Å²) >= 11 is -1.21. The Hall–Kier alpha value is -0.750. The van der Waals surface area contributed by atoms with Gasteiger partial charge in [-0.1, -0.05) is 11.3 Å². The van der Waals surface area contributed by atoms with Crippen LogP contribution in [0, 0.1) is 5.92 Å². The summed E-state index contributed by atoms with van der Waals surface area (Å²) in [5.41, 5.74) is 1.02. The lowest BCUT2D eigenvalue weighted by molar-refractivity contribution is 0.184. The van der Waals surface area contributed by atoms with Gasteiger partial charge in [0.2, 0.25) is 0 Å². The Labute approximate surface area is 124 Å². The van der Waals surface area contributed by atoms with Gasteiger partial charge in [-0.25, -0.2) is 4.79 Å². The molecule has 20 heavy (non-hydrogen) atoms. The zero-order chi connectivity index (χ0) is 15.3. The van der Waals surface area contributed by atoms with Gasteiger partial charge in [-0.05, 0) is 52.9 Å². The number of nitrogens with one attached hydrogen (secondary N) is 1. The maximum absolute atomic E-state index is 12.1. The Morgan fingerprint density at radius 3 is 2.30 bits per heavy atom. The molecule has 0 aromatic rings. The highest BCUT2D eigenvalue weighted by molar-refractivity contribution is 7.91. The summed E-state index contributed by atoms with van der Waals surface area (Å²) in [5.74, 6) is 0.346. The van der Waals surface area contributed by atoms with Crippen molar-refractivity contribution in [1.82, 2.24) is 5.32 Å². The molecule has 1 amide bonds. The van der Waals surface area contributed by atoms with Gasteiger partial charge in [-0.15, -0.1) is 0 Å². The lowest BCUT2D eigenvalue weighted by Crippen LogP contribution is -2.38. The van der Waals surface area contributed by atoms with Gasteiger partial charge in [0.1, 0.15) is 16.1 Å². The van der Waals surface area contributed by atoms with Gasteiger partial charge in [0, 0.05) is 12.0 Å². The van der Waals surface area contributed by atoms with Gasteiger partial charge in [0.05, 0.1) is 5.71 Å². The van der Waals surface area contributed by atoms with E-state index in [-0.39, 0.29) is 10.8 Å². The first kappa shape index (κ1) is 17.3. The molecule has 1 fully saturated rings. The fourth-order valence-electron chi connectivity index (χ4n) is 2.42. The van der Waals surface area contributed by atoms with Crippen LogP contribution in [0.1, 0.15) is 59.8 Å². The molecule has 0 heterocycles. The highest BCUT2D eigenvalue weighted by Gasteiger charge is 2.30. The molecule has 1 aliphatic rings. The van der Waals surface area contributed by atoms with Crippen molar-refractivity contribution in [3.8, 4) is 0 Å². The molecule has 1 aliphatic carbocycles. The molecule has 1 saturated carbocycles. The molecule has 6 heteroatoms. The van der Waals surface area contributed by atoms with E-state index < -0.39 is 17.5 Å². The van der Waals surface area contributed by atoms with Crippen LogP contribution in [-0.2, 0) is 11.4 Å². The molecule has 1 rings (SSSR count). The van der Waals surface area contributed by atoms with Crippen molar-refractivity contribution < 1.29 is 14.5 Å². The Morgan fingerprint density at radius 1 is 1.35 bits per heavy atom. The van der Waals surface area contributed by atoms with Gasteiger partial charge in [-0.3, -0.25) is 0 Å². The number of carboxylic acid groups (broad SMARTS) is 1. The minimum absolute atomic E-state index is 0.0509. The van der Waals surface area contributed by atoms with Crippen LogP contribution < -0.4 is 5.32 Å². The van der Waals surface area contributed by atoms with Crippen LogP contribution in [0.5, 0.6) is 0 Å². The lowest BCUT2D eigenvalue weighted by Gasteiger charge is -2.29. The quantitative estimate of drug-likeness (QED) is 0.618. The number of hydrogen-bond donors (Lipinski definition) is 2. The third-order valence-corrected chi connectivity index (χ3v) is 5.06. The molecular formula is C14H26N2O3S. The van der Waals surface area contributed by atoms with Crippen LogP contribution in [0.4, 0.5) is 4.79 Å². The third-order valence-electron chi connectivity index (χ3n) is 3.61. The van der Waals surface area contributed by atoms with E-state index in [1.807, 2.05) is 27.7 Å². The Kier molecular flexibility index (Phi) is 6.33. The second kappa shape index (κ2) is 7.31. The van der Waals surface area contributed by atoms with E-state index in [4.69, 9.17) is 5.11 Å². The van der Waals surface area contributed by atoms with E-state index in [2.05, 4.69) is 9.71 Å². The molecule has 0 bridgehead atoms. The molecule has 5 nitrogen and oxygen atoms in total. The smallest absolute Gasteiger partial charge is 0.404 e. The van der Waals surface area contributed by atoms with Crippen molar-refractivity contribution in [2.45, 2.75) is 70.6 Å². The van der Waals surface area contributed by atoms with Crippen molar-refractivity contribution in [3.05, 3.63) is 0 Å². The number of amides is 1. The van der Waals surface area contributed by atoms with Gasteiger partial charge in [0.15, 0.2) is 0 Å². The molecule has 0 aromatic heterocycles.